The fraction of sp³-hybridized carbons (Fsp3) is 0.455. The van der Waals surface area contributed by atoms with E-state index in [9.17, 15) is 4.39 Å². The van der Waals surface area contributed by atoms with Gasteiger partial charge >= 0.3 is 0 Å². The molecule has 0 bridgehead atoms. The fourth-order valence-electron chi connectivity index (χ4n) is 1.79. The largest absolute Gasteiger partial charge is 0.330 e. The molecule has 3 heteroatoms. The molecule has 1 aliphatic carbocycles. The first kappa shape index (κ1) is 9.94. The number of hydrogen-bond donors (Lipinski definition) is 1. The normalized spacial score (nSPS) is 18.3. The highest BCUT2D eigenvalue weighted by Gasteiger charge is 2.43. The molecule has 2 rings (SSSR count). The lowest BCUT2D eigenvalue weighted by molar-refractivity contribution is 0.614. The van der Waals surface area contributed by atoms with E-state index in [0.717, 1.165) is 18.4 Å². The molecule has 0 aromatic heterocycles. The Balaban J connectivity index is 2.46. The number of rotatable bonds is 2. The minimum absolute atomic E-state index is 0.0854. The molecule has 0 spiro atoms. The Hall–Kier alpha value is -0.600. The average molecular weight is 214 g/mol. The van der Waals surface area contributed by atoms with E-state index in [1.54, 1.807) is 13.0 Å². The van der Waals surface area contributed by atoms with E-state index in [2.05, 4.69) is 0 Å². The van der Waals surface area contributed by atoms with Crippen LogP contribution in [0.25, 0.3) is 0 Å². The predicted molar refractivity (Wildman–Crippen MR) is 56.1 cm³/mol. The van der Waals surface area contributed by atoms with E-state index in [4.69, 9.17) is 17.3 Å². The van der Waals surface area contributed by atoms with Crippen LogP contribution < -0.4 is 5.73 Å². The molecule has 14 heavy (non-hydrogen) atoms. The first-order valence-corrected chi connectivity index (χ1v) is 5.13. The second kappa shape index (κ2) is 3.21. The van der Waals surface area contributed by atoms with Gasteiger partial charge in [0.2, 0.25) is 0 Å². The summed E-state index contributed by atoms with van der Waals surface area (Å²) in [4.78, 5) is 0. The molecule has 0 radical (unpaired) electrons. The molecule has 0 heterocycles. The molecular weight excluding hydrogens is 201 g/mol. The minimum Gasteiger partial charge on any atom is -0.330 e. The van der Waals surface area contributed by atoms with Crippen LogP contribution in [0.5, 0.6) is 0 Å². The zero-order valence-corrected chi connectivity index (χ0v) is 8.87. The lowest BCUT2D eigenvalue weighted by atomic mass is 9.94. The summed E-state index contributed by atoms with van der Waals surface area (Å²) < 4.78 is 13.3. The lowest BCUT2D eigenvalue weighted by Gasteiger charge is -2.14. The van der Waals surface area contributed by atoms with Crippen LogP contribution in [-0.4, -0.2) is 6.54 Å². The molecule has 1 nitrogen and oxygen atoms in total. The molecule has 0 atom stereocenters. The van der Waals surface area contributed by atoms with Crippen LogP contribution in [0.4, 0.5) is 4.39 Å². The second-order valence-electron chi connectivity index (χ2n) is 4.07. The van der Waals surface area contributed by atoms with Crippen LogP contribution in [0.3, 0.4) is 0 Å². The maximum atomic E-state index is 13.3. The number of hydrogen-bond acceptors (Lipinski definition) is 1. The zero-order valence-electron chi connectivity index (χ0n) is 8.11. The lowest BCUT2D eigenvalue weighted by Crippen LogP contribution is -2.19. The van der Waals surface area contributed by atoms with Crippen molar-refractivity contribution in [2.24, 2.45) is 5.73 Å². The monoisotopic (exact) mass is 213 g/mol. The van der Waals surface area contributed by atoms with Crippen molar-refractivity contribution in [2.45, 2.75) is 25.2 Å². The van der Waals surface area contributed by atoms with Gasteiger partial charge in [0.25, 0.3) is 0 Å². The first-order valence-electron chi connectivity index (χ1n) is 4.75. The molecule has 1 aliphatic rings. The Labute approximate surface area is 88.1 Å². The van der Waals surface area contributed by atoms with Crippen LogP contribution in [0, 0.1) is 12.7 Å². The molecule has 1 saturated carbocycles. The highest BCUT2D eigenvalue weighted by Crippen LogP contribution is 2.48. The number of aryl methyl sites for hydroxylation is 1. The SMILES string of the molecule is Cc1cc(C2(CN)CC2)cc(Cl)c1F. The smallest absolute Gasteiger partial charge is 0.144 e. The van der Waals surface area contributed by atoms with E-state index >= 15 is 0 Å². The standard InChI is InChI=1S/C11H13ClFN/c1-7-4-8(5-9(12)10(7)13)11(6-14)2-3-11/h4-5H,2-3,6,14H2,1H3. The summed E-state index contributed by atoms with van der Waals surface area (Å²) in [7, 11) is 0. The summed E-state index contributed by atoms with van der Waals surface area (Å²) >= 11 is 5.79. The summed E-state index contributed by atoms with van der Waals surface area (Å²) in [6.07, 6.45) is 2.18. The van der Waals surface area contributed by atoms with Crippen molar-refractivity contribution < 1.29 is 4.39 Å². The Bertz CT molecular complexity index is 349. The first-order chi connectivity index (χ1) is 6.59. The van der Waals surface area contributed by atoms with Crippen molar-refractivity contribution in [1.82, 2.24) is 0 Å². The van der Waals surface area contributed by atoms with Gasteiger partial charge in [-0.05, 0) is 37.0 Å². The maximum absolute atomic E-state index is 13.3. The van der Waals surface area contributed by atoms with Crippen LogP contribution in [0.15, 0.2) is 12.1 Å². The minimum atomic E-state index is -0.316. The molecule has 0 amide bonds. The molecule has 76 valence electrons. The third kappa shape index (κ3) is 1.43. The van der Waals surface area contributed by atoms with Gasteiger partial charge in [-0.3, -0.25) is 0 Å². The van der Waals surface area contributed by atoms with Crippen molar-refractivity contribution in [3.05, 3.63) is 34.1 Å². The van der Waals surface area contributed by atoms with Crippen LogP contribution in [-0.2, 0) is 5.41 Å². The van der Waals surface area contributed by atoms with Crippen LogP contribution in [0.2, 0.25) is 5.02 Å². The quantitative estimate of drug-likeness (QED) is 0.804. The van der Waals surface area contributed by atoms with Crippen molar-refractivity contribution in [3.63, 3.8) is 0 Å². The van der Waals surface area contributed by atoms with Gasteiger partial charge < -0.3 is 5.73 Å². The van der Waals surface area contributed by atoms with Crippen molar-refractivity contribution >= 4 is 11.6 Å². The molecule has 0 saturated heterocycles. The third-order valence-electron chi connectivity index (χ3n) is 3.07. The second-order valence-corrected chi connectivity index (χ2v) is 4.48. The van der Waals surface area contributed by atoms with Gasteiger partial charge in [0.15, 0.2) is 0 Å². The summed E-state index contributed by atoms with van der Waals surface area (Å²) in [5.41, 5.74) is 7.48. The number of halogens is 2. The van der Waals surface area contributed by atoms with Crippen LogP contribution in [0.1, 0.15) is 24.0 Å². The van der Waals surface area contributed by atoms with E-state index in [-0.39, 0.29) is 16.3 Å². The van der Waals surface area contributed by atoms with Crippen LogP contribution >= 0.6 is 11.6 Å². The Morgan fingerprint density at radius 2 is 2.14 bits per heavy atom. The van der Waals surface area contributed by atoms with Gasteiger partial charge in [0.05, 0.1) is 5.02 Å². The van der Waals surface area contributed by atoms with Crippen molar-refractivity contribution in [3.8, 4) is 0 Å². The van der Waals surface area contributed by atoms with E-state index in [1.807, 2.05) is 6.07 Å². The maximum Gasteiger partial charge on any atom is 0.144 e. The topological polar surface area (TPSA) is 26.0 Å². The zero-order chi connectivity index (χ0) is 10.3. The van der Waals surface area contributed by atoms with Gasteiger partial charge in [-0.2, -0.15) is 0 Å². The number of benzene rings is 1. The molecule has 0 unspecified atom stereocenters. The fourth-order valence-corrected chi connectivity index (χ4v) is 2.06. The Morgan fingerprint density at radius 3 is 2.57 bits per heavy atom. The predicted octanol–water partition coefficient (Wildman–Crippen LogP) is 2.78. The highest BCUT2D eigenvalue weighted by molar-refractivity contribution is 6.30. The van der Waals surface area contributed by atoms with Crippen molar-refractivity contribution in [1.29, 1.82) is 0 Å². The summed E-state index contributed by atoms with van der Waals surface area (Å²) in [5, 5.41) is 0.208. The average Bonchev–Trinajstić information content (AvgIpc) is 2.94. The Kier molecular flexibility index (Phi) is 2.28. The van der Waals surface area contributed by atoms with Gasteiger partial charge in [0.1, 0.15) is 5.82 Å². The number of nitrogens with two attached hydrogens (primary N) is 1. The molecule has 0 aliphatic heterocycles. The van der Waals surface area contributed by atoms with Gasteiger partial charge in [-0.25, -0.2) is 4.39 Å². The summed E-state index contributed by atoms with van der Waals surface area (Å²) in [5.74, 6) is -0.316. The summed E-state index contributed by atoms with van der Waals surface area (Å²) in [6.45, 7) is 2.35. The van der Waals surface area contributed by atoms with Gasteiger partial charge in [0, 0.05) is 12.0 Å². The van der Waals surface area contributed by atoms with Gasteiger partial charge in [-0.15, -0.1) is 0 Å². The van der Waals surface area contributed by atoms with Crippen molar-refractivity contribution in [2.75, 3.05) is 6.54 Å². The molecule has 1 aromatic rings. The third-order valence-corrected chi connectivity index (χ3v) is 3.34. The molecule has 1 fully saturated rings. The van der Waals surface area contributed by atoms with E-state index < -0.39 is 0 Å². The van der Waals surface area contributed by atoms with Gasteiger partial charge in [-0.1, -0.05) is 17.7 Å². The molecule has 1 aromatic carbocycles. The van der Waals surface area contributed by atoms with E-state index in [0.29, 0.717) is 12.1 Å². The molecular formula is C11H13ClFN. The summed E-state index contributed by atoms with van der Waals surface area (Å²) in [6, 6.07) is 3.57. The Morgan fingerprint density at radius 1 is 1.50 bits per heavy atom. The molecule has 2 N–H and O–H groups in total. The highest BCUT2D eigenvalue weighted by atomic mass is 35.5. The van der Waals surface area contributed by atoms with E-state index in [1.165, 1.54) is 0 Å².